The second-order valence-corrected chi connectivity index (χ2v) is 4.25. The molecule has 0 saturated carbocycles. The van der Waals surface area contributed by atoms with Gasteiger partial charge in [-0.05, 0) is 18.6 Å². The quantitative estimate of drug-likeness (QED) is 0.776. The van der Waals surface area contributed by atoms with Crippen LogP contribution in [0.15, 0.2) is 18.2 Å². The molecule has 0 bridgehead atoms. The summed E-state index contributed by atoms with van der Waals surface area (Å²) in [5.41, 5.74) is 0.499. The van der Waals surface area contributed by atoms with Crippen LogP contribution in [0.5, 0.6) is 0 Å². The second-order valence-electron chi connectivity index (χ2n) is 3.87. The fraction of sp³-hybridized carbons (Fsp3) is 0.500. The van der Waals surface area contributed by atoms with Gasteiger partial charge in [-0.1, -0.05) is 6.07 Å². The van der Waals surface area contributed by atoms with Crippen molar-refractivity contribution < 1.29 is 18.3 Å². The number of hydrogen-bond donors (Lipinski definition) is 0. The van der Waals surface area contributed by atoms with Gasteiger partial charge in [0.1, 0.15) is 0 Å². The first-order chi connectivity index (χ1) is 8.18. The van der Waals surface area contributed by atoms with Crippen LogP contribution in [0.25, 0.3) is 0 Å². The molecule has 2 nitrogen and oxygen atoms in total. The highest BCUT2D eigenvalue weighted by molar-refractivity contribution is 6.17. The molecule has 0 atom stereocenters. The number of hydrogen-bond acceptors (Lipinski definition) is 2. The van der Waals surface area contributed by atoms with E-state index in [2.05, 4.69) is 0 Å². The van der Waals surface area contributed by atoms with Gasteiger partial charge in [-0.2, -0.15) is 0 Å². The molecule has 0 N–H and O–H groups in total. The Morgan fingerprint density at radius 3 is 2.47 bits per heavy atom. The van der Waals surface area contributed by atoms with E-state index < -0.39 is 17.4 Å². The molecule has 0 amide bonds. The number of ether oxygens (including phenoxy) is 2. The standard InChI is InChI=1S/C12H13ClF2O2/c13-5-1-4-12(16-6-7-17-12)9-2-3-10(14)11(15)8-9/h2-3,8H,1,4-7H2. The lowest BCUT2D eigenvalue weighted by molar-refractivity contribution is -0.171. The monoisotopic (exact) mass is 262 g/mol. The minimum atomic E-state index is -0.969. The van der Waals surface area contributed by atoms with Crippen LogP contribution in [-0.2, 0) is 15.3 Å². The van der Waals surface area contributed by atoms with Crippen molar-refractivity contribution >= 4 is 11.6 Å². The van der Waals surface area contributed by atoms with Gasteiger partial charge in [0.05, 0.1) is 13.2 Å². The first-order valence-electron chi connectivity index (χ1n) is 5.47. The van der Waals surface area contributed by atoms with Crippen molar-refractivity contribution in [3.8, 4) is 0 Å². The summed E-state index contributed by atoms with van der Waals surface area (Å²) in [5.74, 6) is -2.27. The van der Waals surface area contributed by atoms with Gasteiger partial charge in [-0.25, -0.2) is 8.78 Å². The number of halogens is 3. The van der Waals surface area contributed by atoms with Crippen LogP contribution >= 0.6 is 11.6 Å². The van der Waals surface area contributed by atoms with E-state index in [1.807, 2.05) is 0 Å². The lowest BCUT2D eigenvalue weighted by Gasteiger charge is -2.27. The SMILES string of the molecule is Fc1ccc(C2(CCCCl)OCCO2)cc1F. The van der Waals surface area contributed by atoms with E-state index in [1.165, 1.54) is 6.07 Å². The van der Waals surface area contributed by atoms with Crippen LogP contribution in [0.4, 0.5) is 8.78 Å². The van der Waals surface area contributed by atoms with Gasteiger partial charge in [-0.3, -0.25) is 0 Å². The molecule has 0 unspecified atom stereocenters. The van der Waals surface area contributed by atoms with Crippen LogP contribution in [0.3, 0.4) is 0 Å². The average Bonchev–Trinajstić information content (AvgIpc) is 2.80. The van der Waals surface area contributed by atoms with Crippen LogP contribution in [0.2, 0.25) is 0 Å². The Morgan fingerprint density at radius 2 is 1.88 bits per heavy atom. The zero-order valence-electron chi connectivity index (χ0n) is 9.22. The molecule has 5 heteroatoms. The van der Waals surface area contributed by atoms with E-state index >= 15 is 0 Å². The van der Waals surface area contributed by atoms with Crippen molar-refractivity contribution in [3.05, 3.63) is 35.4 Å². The number of rotatable bonds is 4. The van der Waals surface area contributed by atoms with Gasteiger partial charge in [-0.15, -0.1) is 11.6 Å². The summed E-state index contributed by atoms with van der Waals surface area (Å²) < 4.78 is 37.2. The van der Waals surface area contributed by atoms with E-state index in [1.54, 1.807) is 0 Å². The Morgan fingerprint density at radius 1 is 1.18 bits per heavy atom. The molecule has 1 aromatic rings. The summed E-state index contributed by atoms with van der Waals surface area (Å²) in [6, 6.07) is 3.69. The highest BCUT2D eigenvalue weighted by Gasteiger charge is 2.38. The predicted octanol–water partition coefficient (Wildman–Crippen LogP) is 3.18. The first-order valence-corrected chi connectivity index (χ1v) is 6.01. The van der Waals surface area contributed by atoms with E-state index in [9.17, 15) is 8.78 Å². The zero-order chi connectivity index (χ0) is 12.3. The summed E-state index contributed by atoms with van der Waals surface area (Å²) in [5, 5.41) is 0. The Labute approximate surface area is 103 Å². The van der Waals surface area contributed by atoms with E-state index in [0.29, 0.717) is 37.5 Å². The molecule has 1 aliphatic heterocycles. The topological polar surface area (TPSA) is 18.5 Å². The van der Waals surface area contributed by atoms with Crippen molar-refractivity contribution in [2.24, 2.45) is 0 Å². The third-order valence-corrected chi connectivity index (χ3v) is 3.02. The average molecular weight is 263 g/mol. The predicted molar refractivity (Wildman–Crippen MR) is 59.9 cm³/mol. The van der Waals surface area contributed by atoms with Crippen LogP contribution in [0.1, 0.15) is 18.4 Å². The van der Waals surface area contributed by atoms with Gasteiger partial charge in [0.25, 0.3) is 0 Å². The lowest BCUT2D eigenvalue weighted by Crippen LogP contribution is -2.27. The molecule has 1 aliphatic rings. The summed E-state index contributed by atoms with van der Waals surface area (Å²) in [6.07, 6.45) is 1.21. The Bertz CT molecular complexity index is 392. The largest absolute Gasteiger partial charge is 0.343 e. The summed E-state index contributed by atoms with van der Waals surface area (Å²) in [4.78, 5) is 0. The Kier molecular flexibility index (Phi) is 3.97. The fourth-order valence-corrected chi connectivity index (χ4v) is 2.08. The van der Waals surface area contributed by atoms with Crippen LogP contribution in [0, 0.1) is 11.6 Å². The molecular formula is C12H13ClF2O2. The number of benzene rings is 1. The Hall–Kier alpha value is -0.710. The van der Waals surface area contributed by atoms with E-state index in [0.717, 1.165) is 12.1 Å². The zero-order valence-corrected chi connectivity index (χ0v) is 9.97. The highest BCUT2D eigenvalue weighted by atomic mass is 35.5. The van der Waals surface area contributed by atoms with Crippen molar-refractivity contribution in [2.45, 2.75) is 18.6 Å². The maximum absolute atomic E-state index is 13.2. The Balaban J connectivity index is 2.28. The number of alkyl halides is 1. The third kappa shape index (κ3) is 2.59. The van der Waals surface area contributed by atoms with Crippen molar-refractivity contribution in [1.29, 1.82) is 0 Å². The van der Waals surface area contributed by atoms with E-state index in [-0.39, 0.29) is 0 Å². The van der Waals surface area contributed by atoms with Gasteiger partial charge in [0, 0.05) is 17.9 Å². The maximum atomic E-state index is 13.2. The molecule has 0 spiro atoms. The van der Waals surface area contributed by atoms with Crippen molar-refractivity contribution in [3.63, 3.8) is 0 Å². The van der Waals surface area contributed by atoms with Gasteiger partial charge >= 0.3 is 0 Å². The van der Waals surface area contributed by atoms with Crippen LogP contribution < -0.4 is 0 Å². The molecule has 1 fully saturated rings. The normalized spacial score (nSPS) is 18.5. The van der Waals surface area contributed by atoms with Crippen LogP contribution in [-0.4, -0.2) is 19.1 Å². The molecule has 0 aliphatic carbocycles. The molecule has 1 saturated heterocycles. The molecular weight excluding hydrogens is 250 g/mol. The molecule has 1 heterocycles. The minimum Gasteiger partial charge on any atom is -0.343 e. The van der Waals surface area contributed by atoms with Gasteiger partial charge in [0.2, 0.25) is 0 Å². The summed E-state index contributed by atoms with van der Waals surface area (Å²) in [7, 11) is 0. The molecule has 0 radical (unpaired) electrons. The first kappa shape index (κ1) is 12.7. The minimum absolute atomic E-state index is 0.446. The third-order valence-electron chi connectivity index (χ3n) is 2.75. The highest BCUT2D eigenvalue weighted by Crippen LogP contribution is 2.36. The second kappa shape index (κ2) is 5.29. The molecule has 1 aromatic carbocycles. The molecule has 0 aromatic heterocycles. The summed E-state index contributed by atoms with van der Waals surface area (Å²) in [6.45, 7) is 0.891. The van der Waals surface area contributed by atoms with Crippen molar-refractivity contribution in [1.82, 2.24) is 0 Å². The van der Waals surface area contributed by atoms with Crippen molar-refractivity contribution in [2.75, 3.05) is 19.1 Å². The van der Waals surface area contributed by atoms with Gasteiger partial charge < -0.3 is 9.47 Å². The summed E-state index contributed by atoms with van der Waals surface area (Å²) >= 11 is 5.64. The molecule has 2 rings (SSSR count). The molecule has 94 valence electrons. The fourth-order valence-electron chi connectivity index (χ4n) is 1.94. The lowest BCUT2D eigenvalue weighted by atomic mass is 10.0. The van der Waals surface area contributed by atoms with Gasteiger partial charge in [0.15, 0.2) is 17.4 Å². The smallest absolute Gasteiger partial charge is 0.195 e. The molecule has 17 heavy (non-hydrogen) atoms. The van der Waals surface area contributed by atoms with E-state index in [4.69, 9.17) is 21.1 Å². The maximum Gasteiger partial charge on any atom is 0.195 e.